The van der Waals surface area contributed by atoms with Gasteiger partial charge in [0.2, 0.25) is 5.91 Å². The minimum Gasteiger partial charge on any atom is -0.497 e. The Labute approximate surface area is 236 Å². The zero-order valence-corrected chi connectivity index (χ0v) is 23.3. The summed E-state index contributed by atoms with van der Waals surface area (Å²) >= 11 is 0. The molecule has 0 unspecified atom stereocenters. The van der Waals surface area contributed by atoms with Gasteiger partial charge in [0.05, 0.1) is 20.6 Å². The van der Waals surface area contributed by atoms with Crippen molar-refractivity contribution in [3.63, 3.8) is 0 Å². The Morgan fingerprint density at radius 2 is 1.65 bits per heavy atom. The topological polar surface area (TPSA) is 74.3 Å². The molecular weight excluding hydrogens is 504 g/mol. The van der Waals surface area contributed by atoms with Crippen LogP contribution in [0.4, 0.5) is 10.5 Å². The highest BCUT2D eigenvalue weighted by Crippen LogP contribution is 2.19. The van der Waals surface area contributed by atoms with Crippen molar-refractivity contribution < 1.29 is 19.1 Å². The van der Waals surface area contributed by atoms with E-state index >= 15 is 0 Å². The van der Waals surface area contributed by atoms with E-state index in [2.05, 4.69) is 10.2 Å². The van der Waals surface area contributed by atoms with Gasteiger partial charge >= 0.3 is 6.03 Å². The number of ether oxygens (including phenoxy) is 2. The average molecular weight is 543 g/mol. The minimum atomic E-state index is -0.117. The molecule has 210 valence electrons. The van der Waals surface area contributed by atoms with Crippen LogP contribution in [0.1, 0.15) is 11.1 Å². The second-order valence-corrected chi connectivity index (χ2v) is 9.64. The van der Waals surface area contributed by atoms with Crippen LogP contribution < -0.4 is 14.8 Å². The molecule has 0 atom stereocenters. The van der Waals surface area contributed by atoms with Crippen LogP contribution in [0.3, 0.4) is 0 Å². The number of rotatable bonds is 11. The molecule has 3 aromatic rings. The third-order valence-corrected chi connectivity index (χ3v) is 6.98. The van der Waals surface area contributed by atoms with Crippen molar-refractivity contribution in [2.24, 2.45) is 0 Å². The van der Waals surface area contributed by atoms with E-state index in [9.17, 15) is 9.59 Å². The van der Waals surface area contributed by atoms with Crippen molar-refractivity contribution in [3.05, 3.63) is 96.1 Å². The molecule has 1 saturated heterocycles. The maximum Gasteiger partial charge on any atom is 0.321 e. The number of carbonyl (C=O) groups is 2. The van der Waals surface area contributed by atoms with E-state index in [4.69, 9.17) is 9.47 Å². The summed E-state index contributed by atoms with van der Waals surface area (Å²) in [5.74, 6) is 1.59. The Kier molecular flexibility index (Phi) is 10.6. The largest absolute Gasteiger partial charge is 0.497 e. The Morgan fingerprint density at radius 3 is 2.40 bits per heavy atom. The van der Waals surface area contributed by atoms with Crippen LogP contribution in [0.5, 0.6) is 11.5 Å². The Hall–Kier alpha value is -4.30. The SMILES string of the molecule is COc1cccc(NC(=O)N2CCN(CCN(C/C=C/c3ccccc3OC)C(=O)Cc3ccccc3)CC2)c1. The van der Waals surface area contributed by atoms with Crippen molar-refractivity contribution >= 4 is 23.7 Å². The Morgan fingerprint density at radius 1 is 0.900 bits per heavy atom. The molecule has 0 spiro atoms. The summed E-state index contributed by atoms with van der Waals surface area (Å²) in [5.41, 5.74) is 2.69. The molecule has 1 N–H and O–H groups in total. The lowest BCUT2D eigenvalue weighted by Crippen LogP contribution is -2.51. The lowest BCUT2D eigenvalue weighted by molar-refractivity contribution is -0.130. The van der Waals surface area contributed by atoms with Crippen molar-refractivity contribution in [2.75, 3.05) is 65.3 Å². The van der Waals surface area contributed by atoms with E-state index in [-0.39, 0.29) is 11.9 Å². The van der Waals surface area contributed by atoms with Crippen LogP contribution in [-0.4, -0.2) is 86.7 Å². The highest BCUT2D eigenvalue weighted by Gasteiger charge is 2.22. The fourth-order valence-electron chi connectivity index (χ4n) is 4.65. The van der Waals surface area contributed by atoms with Crippen molar-refractivity contribution in [1.82, 2.24) is 14.7 Å². The van der Waals surface area contributed by atoms with E-state index in [1.165, 1.54) is 0 Å². The summed E-state index contributed by atoms with van der Waals surface area (Å²) in [6.07, 6.45) is 4.38. The van der Waals surface area contributed by atoms with Gasteiger partial charge in [0, 0.05) is 63.1 Å². The molecule has 4 rings (SSSR count). The summed E-state index contributed by atoms with van der Waals surface area (Å²) in [6.45, 7) is 4.62. The highest BCUT2D eigenvalue weighted by atomic mass is 16.5. The van der Waals surface area contributed by atoms with Gasteiger partial charge in [-0.05, 0) is 23.8 Å². The van der Waals surface area contributed by atoms with E-state index in [1.807, 2.05) is 94.7 Å². The van der Waals surface area contributed by atoms with E-state index in [1.54, 1.807) is 20.3 Å². The van der Waals surface area contributed by atoms with Gasteiger partial charge in [-0.1, -0.05) is 66.7 Å². The molecule has 1 heterocycles. The summed E-state index contributed by atoms with van der Waals surface area (Å²) in [7, 11) is 3.26. The molecule has 1 aliphatic rings. The number of carbonyl (C=O) groups excluding carboxylic acids is 2. The van der Waals surface area contributed by atoms with Gasteiger partial charge in [0.15, 0.2) is 0 Å². The number of anilines is 1. The Balaban J connectivity index is 1.31. The van der Waals surface area contributed by atoms with Crippen LogP contribution in [-0.2, 0) is 11.2 Å². The normalized spacial score (nSPS) is 13.7. The van der Waals surface area contributed by atoms with Gasteiger partial charge in [-0.3, -0.25) is 9.69 Å². The predicted molar refractivity (Wildman–Crippen MR) is 159 cm³/mol. The first-order valence-electron chi connectivity index (χ1n) is 13.6. The number of nitrogens with zero attached hydrogens (tertiary/aromatic N) is 3. The molecule has 0 saturated carbocycles. The summed E-state index contributed by atoms with van der Waals surface area (Å²) in [4.78, 5) is 32.1. The molecule has 0 aromatic heterocycles. The molecule has 0 aliphatic carbocycles. The van der Waals surface area contributed by atoms with Crippen molar-refractivity contribution in [1.29, 1.82) is 0 Å². The molecule has 1 aliphatic heterocycles. The third kappa shape index (κ3) is 8.35. The van der Waals surface area contributed by atoms with Crippen LogP contribution in [0.2, 0.25) is 0 Å². The zero-order valence-electron chi connectivity index (χ0n) is 23.3. The first kappa shape index (κ1) is 28.7. The standard InChI is InChI=1S/C32H38N4O4/c1-39-29-15-8-14-28(25-29)33-32(38)36-22-19-34(20-23-36)18-21-35(31(37)24-26-10-4-3-5-11-26)17-9-13-27-12-6-7-16-30(27)40-2/h3-16,25H,17-24H2,1-2H3,(H,33,38)/b13-9+. The summed E-state index contributed by atoms with van der Waals surface area (Å²) in [5, 5.41) is 2.95. The van der Waals surface area contributed by atoms with Crippen LogP contribution >= 0.6 is 0 Å². The molecule has 8 nitrogen and oxygen atoms in total. The molecule has 8 heteroatoms. The van der Waals surface area contributed by atoms with Crippen LogP contribution in [0.15, 0.2) is 84.9 Å². The van der Waals surface area contributed by atoms with Gasteiger partial charge < -0.3 is 24.6 Å². The quantitative estimate of drug-likeness (QED) is 0.382. The van der Waals surface area contributed by atoms with Crippen molar-refractivity contribution in [2.45, 2.75) is 6.42 Å². The number of piperazine rings is 1. The number of para-hydroxylation sites is 1. The minimum absolute atomic E-state index is 0.0900. The van der Waals surface area contributed by atoms with Gasteiger partial charge in [0.25, 0.3) is 0 Å². The second kappa shape index (κ2) is 14.7. The molecule has 0 radical (unpaired) electrons. The Bertz CT molecular complexity index is 1270. The third-order valence-electron chi connectivity index (χ3n) is 6.98. The number of nitrogens with one attached hydrogen (secondary N) is 1. The first-order valence-corrected chi connectivity index (χ1v) is 13.6. The lowest BCUT2D eigenvalue weighted by Gasteiger charge is -2.35. The number of urea groups is 1. The molecule has 40 heavy (non-hydrogen) atoms. The van der Waals surface area contributed by atoms with E-state index in [0.29, 0.717) is 44.0 Å². The number of amides is 3. The number of hydrogen-bond donors (Lipinski definition) is 1. The highest BCUT2D eigenvalue weighted by molar-refractivity contribution is 5.89. The smallest absolute Gasteiger partial charge is 0.321 e. The van der Waals surface area contributed by atoms with Crippen molar-refractivity contribution in [3.8, 4) is 11.5 Å². The predicted octanol–water partition coefficient (Wildman–Crippen LogP) is 4.64. The maximum atomic E-state index is 13.3. The van der Waals surface area contributed by atoms with E-state index in [0.717, 1.165) is 36.5 Å². The fraction of sp³-hybridized carbons (Fsp3) is 0.312. The molecule has 3 aromatic carbocycles. The monoisotopic (exact) mass is 542 g/mol. The van der Waals surface area contributed by atoms with Crippen LogP contribution in [0, 0.1) is 0 Å². The van der Waals surface area contributed by atoms with Gasteiger partial charge in [-0.25, -0.2) is 4.79 Å². The van der Waals surface area contributed by atoms with Gasteiger partial charge in [0.1, 0.15) is 11.5 Å². The maximum absolute atomic E-state index is 13.3. The molecule has 1 fully saturated rings. The summed E-state index contributed by atoms with van der Waals surface area (Å²) in [6, 6.07) is 24.9. The molecular formula is C32H38N4O4. The van der Waals surface area contributed by atoms with E-state index < -0.39 is 0 Å². The first-order chi connectivity index (χ1) is 19.6. The summed E-state index contributed by atoms with van der Waals surface area (Å²) < 4.78 is 10.7. The average Bonchev–Trinajstić information content (AvgIpc) is 2.99. The molecule has 3 amide bonds. The van der Waals surface area contributed by atoms with Gasteiger partial charge in [-0.2, -0.15) is 0 Å². The number of hydrogen-bond acceptors (Lipinski definition) is 5. The van der Waals surface area contributed by atoms with Crippen LogP contribution in [0.25, 0.3) is 6.08 Å². The molecule has 0 bridgehead atoms. The zero-order chi connectivity index (χ0) is 28.2. The second-order valence-electron chi connectivity index (χ2n) is 9.64. The number of benzene rings is 3. The fourth-order valence-corrected chi connectivity index (χ4v) is 4.65. The lowest BCUT2D eigenvalue weighted by atomic mass is 10.1. The number of methoxy groups -OCH3 is 2. The van der Waals surface area contributed by atoms with Gasteiger partial charge in [-0.15, -0.1) is 0 Å².